The highest BCUT2D eigenvalue weighted by Gasteiger charge is 2.32. The number of ether oxygens (including phenoxy) is 1. The van der Waals surface area contributed by atoms with Crippen molar-refractivity contribution in [3.8, 4) is 0 Å². The molecule has 1 saturated heterocycles. The van der Waals surface area contributed by atoms with Gasteiger partial charge >= 0.3 is 6.18 Å². The van der Waals surface area contributed by atoms with Crippen molar-refractivity contribution < 1.29 is 27.8 Å². The number of amides is 1. The fourth-order valence-electron chi connectivity index (χ4n) is 2.52. The molecule has 128 valence electrons. The second kappa shape index (κ2) is 7.74. The summed E-state index contributed by atoms with van der Waals surface area (Å²) in [5, 5.41) is 8.75. The summed E-state index contributed by atoms with van der Waals surface area (Å²) in [6, 6.07) is 3.55. The number of carbonyl (C=O) groups is 1. The van der Waals surface area contributed by atoms with Crippen molar-refractivity contribution in [2.24, 2.45) is 0 Å². The summed E-state index contributed by atoms with van der Waals surface area (Å²) in [6.07, 6.45) is -3.28. The number of hydrogen-bond donors (Lipinski definition) is 1. The van der Waals surface area contributed by atoms with Crippen molar-refractivity contribution in [1.29, 1.82) is 0 Å². The number of halogens is 3. The van der Waals surface area contributed by atoms with E-state index in [1.165, 1.54) is 12.1 Å². The number of likely N-dealkylation sites (tertiary alicyclic amines) is 1. The van der Waals surface area contributed by atoms with Gasteiger partial charge in [0.05, 0.1) is 31.4 Å². The highest BCUT2D eigenvalue weighted by Crippen LogP contribution is 2.27. The van der Waals surface area contributed by atoms with Crippen LogP contribution >= 0.6 is 0 Å². The van der Waals surface area contributed by atoms with E-state index in [4.69, 9.17) is 9.84 Å². The molecule has 23 heavy (non-hydrogen) atoms. The third kappa shape index (κ3) is 5.18. The highest BCUT2D eigenvalue weighted by molar-refractivity contribution is 5.78. The van der Waals surface area contributed by atoms with Crippen molar-refractivity contribution in [3.05, 3.63) is 29.6 Å². The van der Waals surface area contributed by atoms with Gasteiger partial charge in [-0.1, -0.05) is 6.07 Å². The maximum absolute atomic E-state index is 12.6. The molecule has 0 aromatic carbocycles. The van der Waals surface area contributed by atoms with Crippen LogP contribution in [0.3, 0.4) is 0 Å². The smallest absolute Gasteiger partial charge is 0.394 e. The molecule has 2 heterocycles. The maximum Gasteiger partial charge on any atom is 0.433 e. The van der Waals surface area contributed by atoms with E-state index in [9.17, 15) is 18.0 Å². The third-order valence-electron chi connectivity index (χ3n) is 3.61. The minimum Gasteiger partial charge on any atom is -0.394 e. The Hall–Kier alpha value is -1.67. The van der Waals surface area contributed by atoms with Gasteiger partial charge in [0.2, 0.25) is 5.91 Å². The molecule has 1 unspecified atom stereocenters. The minimum absolute atomic E-state index is 0.0847. The predicted octanol–water partition coefficient (Wildman–Crippen LogP) is 1.64. The molecule has 1 aromatic heterocycles. The zero-order chi connectivity index (χ0) is 16.9. The number of piperidine rings is 1. The lowest BCUT2D eigenvalue weighted by atomic mass is 10.1. The van der Waals surface area contributed by atoms with Crippen molar-refractivity contribution in [3.63, 3.8) is 0 Å². The number of aromatic nitrogens is 1. The molecule has 2 rings (SSSR count). The van der Waals surface area contributed by atoms with Gasteiger partial charge in [-0.2, -0.15) is 13.2 Å². The summed E-state index contributed by atoms with van der Waals surface area (Å²) in [5.41, 5.74) is -0.895. The van der Waals surface area contributed by atoms with E-state index in [1.54, 1.807) is 4.90 Å². The number of carbonyl (C=O) groups excluding carboxylic acids is 1. The van der Waals surface area contributed by atoms with Gasteiger partial charge in [-0.3, -0.25) is 4.79 Å². The molecule has 1 atom stereocenters. The lowest BCUT2D eigenvalue weighted by Crippen LogP contribution is -2.44. The third-order valence-corrected chi connectivity index (χ3v) is 3.61. The summed E-state index contributed by atoms with van der Waals surface area (Å²) in [7, 11) is 0. The van der Waals surface area contributed by atoms with E-state index >= 15 is 0 Å². The van der Waals surface area contributed by atoms with Crippen molar-refractivity contribution >= 4 is 5.91 Å². The molecule has 1 amide bonds. The van der Waals surface area contributed by atoms with Gasteiger partial charge in [-0.15, -0.1) is 0 Å². The number of aliphatic hydroxyl groups excluding tert-OH is 1. The predicted molar refractivity (Wildman–Crippen MR) is 75.6 cm³/mol. The quantitative estimate of drug-likeness (QED) is 0.890. The van der Waals surface area contributed by atoms with Crippen LogP contribution in [0.1, 0.15) is 24.2 Å². The topological polar surface area (TPSA) is 62.7 Å². The van der Waals surface area contributed by atoms with Crippen LogP contribution in [0.15, 0.2) is 18.2 Å². The Kier molecular flexibility index (Phi) is 5.95. The molecule has 1 N–H and O–H groups in total. The van der Waals surface area contributed by atoms with E-state index in [2.05, 4.69) is 4.98 Å². The van der Waals surface area contributed by atoms with Crippen LogP contribution in [0.2, 0.25) is 0 Å². The van der Waals surface area contributed by atoms with Gasteiger partial charge in [0.25, 0.3) is 0 Å². The molecule has 0 radical (unpaired) electrons. The summed E-state index contributed by atoms with van der Waals surface area (Å²) in [4.78, 5) is 17.3. The number of rotatable bonds is 5. The van der Waals surface area contributed by atoms with E-state index in [1.807, 2.05) is 0 Å². The second-order valence-corrected chi connectivity index (χ2v) is 5.39. The first-order chi connectivity index (χ1) is 10.9. The molecule has 5 nitrogen and oxygen atoms in total. The van der Waals surface area contributed by atoms with Crippen LogP contribution in [0.25, 0.3) is 0 Å². The maximum atomic E-state index is 12.6. The Morgan fingerprint density at radius 3 is 2.91 bits per heavy atom. The summed E-state index contributed by atoms with van der Waals surface area (Å²) in [6.45, 7) is 1.06. The number of hydrogen-bond acceptors (Lipinski definition) is 4. The Morgan fingerprint density at radius 2 is 2.22 bits per heavy atom. The molecule has 0 aliphatic carbocycles. The molecular formula is C15H19F3N2O3. The zero-order valence-electron chi connectivity index (χ0n) is 12.6. The van der Waals surface area contributed by atoms with Gasteiger partial charge < -0.3 is 14.7 Å². The standard InChI is InChI=1S/C15H19F3N2O3/c16-15(17,18)13-5-1-3-11(19-13)9-14(22)20-6-2-4-12(10-20)23-8-7-21/h1,3,5,12,21H,2,4,6-10H2. The average Bonchev–Trinajstić information content (AvgIpc) is 2.52. The average molecular weight is 332 g/mol. The van der Waals surface area contributed by atoms with Gasteiger partial charge in [-0.05, 0) is 25.0 Å². The number of aliphatic hydroxyl groups is 1. The minimum atomic E-state index is -4.52. The van der Waals surface area contributed by atoms with Gasteiger partial charge in [0.1, 0.15) is 5.69 Å². The van der Waals surface area contributed by atoms with Gasteiger partial charge in [0.15, 0.2) is 0 Å². The SMILES string of the molecule is O=C(Cc1cccc(C(F)(F)F)n1)N1CCCC(OCCO)C1. The zero-order valence-corrected chi connectivity index (χ0v) is 12.6. The molecule has 8 heteroatoms. The van der Waals surface area contributed by atoms with Gasteiger partial charge in [0, 0.05) is 13.1 Å². The Morgan fingerprint density at radius 1 is 1.43 bits per heavy atom. The van der Waals surface area contributed by atoms with Crippen molar-refractivity contribution in [2.75, 3.05) is 26.3 Å². The van der Waals surface area contributed by atoms with Crippen LogP contribution in [-0.4, -0.2) is 53.3 Å². The first-order valence-electron chi connectivity index (χ1n) is 7.43. The fourth-order valence-corrected chi connectivity index (χ4v) is 2.52. The van der Waals surface area contributed by atoms with Crippen molar-refractivity contribution in [2.45, 2.75) is 31.5 Å². The van der Waals surface area contributed by atoms with Crippen LogP contribution in [-0.2, 0) is 22.1 Å². The molecule has 1 aliphatic rings. The molecule has 1 aromatic rings. The monoisotopic (exact) mass is 332 g/mol. The lowest BCUT2D eigenvalue weighted by Gasteiger charge is -2.32. The Labute approximate surface area is 132 Å². The largest absolute Gasteiger partial charge is 0.433 e. The van der Waals surface area contributed by atoms with Gasteiger partial charge in [-0.25, -0.2) is 4.98 Å². The number of nitrogens with zero attached hydrogens (tertiary/aromatic N) is 2. The van der Waals surface area contributed by atoms with Crippen LogP contribution < -0.4 is 0 Å². The van der Waals surface area contributed by atoms with E-state index in [0.717, 1.165) is 18.9 Å². The molecule has 0 bridgehead atoms. The molecule has 1 aliphatic heterocycles. The van der Waals surface area contributed by atoms with Crippen LogP contribution in [0, 0.1) is 0 Å². The molecular weight excluding hydrogens is 313 g/mol. The van der Waals surface area contributed by atoms with E-state index < -0.39 is 11.9 Å². The second-order valence-electron chi connectivity index (χ2n) is 5.39. The van der Waals surface area contributed by atoms with Crippen molar-refractivity contribution in [1.82, 2.24) is 9.88 Å². The lowest BCUT2D eigenvalue weighted by molar-refractivity contribution is -0.141. The first-order valence-corrected chi connectivity index (χ1v) is 7.43. The van der Waals surface area contributed by atoms with E-state index in [-0.39, 0.29) is 37.3 Å². The number of alkyl halides is 3. The summed E-state index contributed by atoms with van der Waals surface area (Å²) in [5.74, 6) is -0.269. The van der Waals surface area contributed by atoms with Crippen LogP contribution in [0.5, 0.6) is 0 Å². The summed E-state index contributed by atoms with van der Waals surface area (Å²) < 4.78 is 43.3. The number of pyridine rings is 1. The summed E-state index contributed by atoms with van der Waals surface area (Å²) >= 11 is 0. The normalized spacial score (nSPS) is 19.0. The van der Waals surface area contributed by atoms with Crippen LogP contribution in [0.4, 0.5) is 13.2 Å². The molecule has 0 spiro atoms. The molecule has 1 fully saturated rings. The van der Waals surface area contributed by atoms with E-state index in [0.29, 0.717) is 13.1 Å². The Bertz CT molecular complexity index is 537. The molecule has 0 saturated carbocycles. The Balaban J connectivity index is 1.96. The first kappa shape index (κ1) is 17.7. The fraction of sp³-hybridized carbons (Fsp3) is 0.600. The highest BCUT2D eigenvalue weighted by atomic mass is 19.4.